The lowest BCUT2D eigenvalue weighted by atomic mass is 10.1. The van der Waals surface area contributed by atoms with Crippen LogP contribution in [0.15, 0.2) is 53.0 Å². The first-order valence-corrected chi connectivity index (χ1v) is 13.3. The molecule has 0 aliphatic carbocycles. The molecule has 34 heavy (non-hydrogen) atoms. The van der Waals surface area contributed by atoms with E-state index in [4.69, 9.17) is 23.2 Å². The van der Waals surface area contributed by atoms with Crippen molar-refractivity contribution in [1.82, 2.24) is 25.1 Å². The third-order valence-corrected chi connectivity index (χ3v) is 7.48. The van der Waals surface area contributed by atoms with Crippen molar-refractivity contribution >= 4 is 52.2 Å². The van der Waals surface area contributed by atoms with E-state index in [0.717, 1.165) is 21.8 Å². The van der Waals surface area contributed by atoms with Crippen LogP contribution in [0, 0.1) is 12.8 Å². The minimum absolute atomic E-state index is 0.153. The number of rotatable bonds is 8. The molecule has 0 aliphatic rings. The standard InChI is InChI=1S/C24H23Cl2N5OS2/c1-14(2)11-27-23(32)19-12-33-21(28-19)13-34-24-30-29-22(17-6-4-5-7-18(17)26)31(24)20-10-16(25)9-8-15(20)3/h4-10,12,14H,11,13H2,1-3H3,(H,27,32). The second kappa shape index (κ2) is 10.9. The topological polar surface area (TPSA) is 72.7 Å². The average molecular weight is 533 g/mol. The summed E-state index contributed by atoms with van der Waals surface area (Å²) in [5, 5.41) is 16.3. The Labute approximate surface area is 216 Å². The second-order valence-electron chi connectivity index (χ2n) is 8.07. The molecule has 0 radical (unpaired) electrons. The maximum Gasteiger partial charge on any atom is 0.270 e. The normalized spacial score (nSPS) is 11.2. The molecule has 0 saturated carbocycles. The van der Waals surface area contributed by atoms with Gasteiger partial charge in [-0.25, -0.2) is 4.98 Å². The highest BCUT2D eigenvalue weighted by Crippen LogP contribution is 2.35. The summed E-state index contributed by atoms with van der Waals surface area (Å²) >= 11 is 15.8. The van der Waals surface area contributed by atoms with Gasteiger partial charge in [0.25, 0.3) is 5.91 Å². The molecule has 10 heteroatoms. The van der Waals surface area contributed by atoms with E-state index in [9.17, 15) is 4.79 Å². The predicted octanol–water partition coefficient (Wildman–Crippen LogP) is 6.68. The van der Waals surface area contributed by atoms with Gasteiger partial charge >= 0.3 is 0 Å². The number of thiazole rings is 1. The van der Waals surface area contributed by atoms with Crippen LogP contribution in [0.4, 0.5) is 0 Å². The Morgan fingerprint density at radius 1 is 1.18 bits per heavy atom. The van der Waals surface area contributed by atoms with Gasteiger partial charge in [-0.1, -0.05) is 67.0 Å². The van der Waals surface area contributed by atoms with Crippen molar-refractivity contribution in [3.8, 4) is 17.1 Å². The van der Waals surface area contributed by atoms with Gasteiger partial charge in [0.15, 0.2) is 11.0 Å². The number of carbonyl (C=O) groups excluding carboxylic acids is 1. The van der Waals surface area contributed by atoms with E-state index >= 15 is 0 Å². The Hall–Kier alpha value is -2.39. The third-order valence-electron chi connectivity index (χ3n) is 4.94. The second-order valence-corrected chi connectivity index (χ2v) is 10.8. The largest absolute Gasteiger partial charge is 0.350 e. The van der Waals surface area contributed by atoms with Gasteiger partial charge < -0.3 is 5.32 Å². The Kier molecular flexibility index (Phi) is 7.93. The number of halogens is 2. The van der Waals surface area contributed by atoms with E-state index in [1.54, 1.807) is 5.38 Å². The molecular formula is C24H23Cl2N5OS2. The highest BCUT2D eigenvalue weighted by atomic mass is 35.5. The summed E-state index contributed by atoms with van der Waals surface area (Å²) in [7, 11) is 0. The number of hydrogen-bond acceptors (Lipinski definition) is 6. The van der Waals surface area contributed by atoms with Crippen LogP contribution in [-0.2, 0) is 5.75 Å². The van der Waals surface area contributed by atoms with Gasteiger partial charge in [-0.3, -0.25) is 9.36 Å². The highest BCUT2D eigenvalue weighted by molar-refractivity contribution is 7.98. The monoisotopic (exact) mass is 531 g/mol. The Bertz CT molecular complexity index is 1320. The minimum Gasteiger partial charge on any atom is -0.350 e. The van der Waals surface area contributed by atoms with Crippen LogP contribution in [0.2, 0.25) is 10.0 Å². The molecule has 0 atom stereocenters. The number of carbonyl (C=O) groups is 1. The number of thioether (sulfide) groups is 1. The van der Waals surface area contributed by atoms with Gasteiger partial charge in [-0.05, 0) is 42.7 Å². The van der Waals surface area contributed by atoms with E-state index < -0.39 is 0 Å². The van der Waals surface area contributed by atoms with Crippen molar-refractivity contribution in [2.75, 3.05) is 6.54 Å². The molecule has 0 aliphatic heterocycles. The molecular weight excluding hydrogens is 509 g/mol. The summed E-state index contributed by atoms with van der Waals surface area (Å²) in [4.78, 5) is 16.8. The van der Waals surface area contributed by atoms with Gasteiger partial charge in [0.2, 0.25) is 0 Å². The fourth-order valence-electron chi connectivity index (χ4n) is 3.22. The number of hydrogen-bond donors (Lipinski definition) is 1. The van der Waals surface area contributed by atoms with E-state index in [0.29, 0.717) is 44.9 Å². The summed E-state index contributed by atoms with van der Waals surface area (Å²) < 4.78 is 1.97. The van der Waals surface area contributed by atoms with Crippen molar-refractivity contribution in [2.45, 2.75) is 31.7 Å². The van der Waals surface area contributed by atoms with Crippen molar-refractivity contribution in [2.24, 2.45) is 5.92 Å². The molecule has 1 N–H and O–H groups in total. The summed E-state index contributed by atoms with van der Waals surface area (Å²) in [6.45, 7) is 6.74. The van der Waals surface area contributed by atoms with Crippen LogP contribution in [0.3, 0.4) is 0 Å². The molecule has 1 amide bonds. The number of aromatic nitrogens is 4. The van der Waals surface area contributed by atoms with Gasteiger partial charge in [0, 0.05) is 22.5 Å². The predicted molar refractivity (Wildman–Crippen MR) is 140 cm³/mol. The van der Waals surface area contributed by atoms with Crippen LogP contribution in [0.5, 0.6) is 0 Å². The molecule has 0 spiro atoms. The zero-order valence-corrected chi connectivity index (χ0v) is 22.0. The lowest BCUT2D eigenvalue weighted by Gasteiger charge is -2.14. The van der Waals surface area contributed by atoms with Crippen LogP contribution < -0.4 is 5.32 Å². The molecule has 0 saturated heterocycles. The first-order valence-electron chi connectivity index (χ1n) is 10.7. The Morgan fingerprint density at radius 3 is 2.74 bits per heavy atom. The van der Waals surface area contributed by atoms with E-state index in [1.807, 2.05) is 54.0 Å². The van der Waals surface area contributed by atoms with Gasteiger partial charge in [-0.15, -0.1) is 21.5 Å². The quantitative estimate of drug-likeness (QED) is 0.256. The number of nitrogens with zero attached hydrogens (tertiary/aromatic N) is 4. The van der Waals surface area contributed by atoms with Crippen molar-refractivity contribution < 1.29 is 4.79 Å². The molecule has 4 rings (SSSR count). The van der Waals surface area contributed by atoms with Crippen LogP contribution in [0.1, 0.15) is 34.9 Å². The molecule has 2 aromatic carbocycles. The highest BCUT2D eigenvalue weighted by Gasteiger charge is 2.20. The molecule has 0 fully saturated rings. The molecule has 2 heterocycles. The summed E-state index contributed by atoms with van der Waals surface area (Å²) in [6, 6.07) is 13.3. The summed E-state index contributed by atoms with van der Waals surface area (Å²) in [5.41, 5.74) is 3.12. The number of aryl methyl sites for hydroxylation is 1. The fraction of sp³-hybridized carbons (Fsp3) is 0.250. The molecule has 4 aromatic rings. The van der Waals surface area contributed by atoms with E-state index in [2.05, 4.69) is 34.3 Å². The van der Waals surface area contributed by atoms with Crippen molar-refractivity contribution in [1.29, 1.82) is 0 Å². The first-order chi connectivity index (χ1) is 16.3. The lowest BCUT2D eigenvalue weighted by Crippen LogP contribution is -2.27. The molecule has 0 bridgehead atoms. The zero-order valence-electron chi connectivity index (χ0n) is 18.9. The SMILES string of the molecule is Cc1ccc(Cl)cc1-n1c(SCc2nc(C(=O)NCC(C)C)cs2)nnc1-c1ccccc1Cl. The van der Waals surface area contributed by atoms with E-state index in [-0.39, 0.29) is 5.91 Å². The maximum absolute atomic E-state index is 12.3. The average Bonchev–Trinajstić information content (AvgIpc) is 3.45. The van der Waals surface area contributed by atoms with Crippen LogP contribution in [0.25, 0.3) is 17.1 Å². The van der Waals surface area contributed by atoms with Gasteiger partial charge in [0.1, 0.15) is 10.7 Å². The Morgan fingerprint density at radius 2 is 1.97 bits per heavy atom. The smallest absolute Gasteiger partial charge is 0.270 e. The first kappa shape index (κ1) is 24.7. The fourth-order valence-corrected chi connectivity index (χ4v) is 5.34. The summed E-state index contributed by atoms with van der Waals surface area (Å²) in [6.07, 6.45) is 0. The maximum atomic E-state index is 12.3. The van der Waals surface area contributed by atoms with Gasteiger partial charge in [-0.2, -0.15) is 0 Å². The number of benzene rings is 2. The van der Waals surface area contributed by atoms with E-state index in [1.165, 1.54) is 23.1 Å². The van der Waals surface area contributed by atoms with Crippen LogP contribution in [-0.4, -0.2) is 32.2 Å². The third kappa shape index (κ3) is 5.63. The Balaban J connectivity index is 1.64. The number of nitrogens with one attached hydrogen (secondary N) is 1. The molecule has 176 valence electrons. The molecule has 0 unspecified atom stereocenters. The molecule has 6 nitrogen and oxygen atoms in total. The minimum atomic E-state index is -0.153. The molecule has 2 aromatic heterocycles. The van der Waals surface area contributed by atoms with Gasteiger partial charge in [0.05, 0.1) is 16.5 Å². The number of amides is 1. The van der Waals surface area contributed by atoms with Crippen LogP contribution >= 0.6 is 46.3 Å². The lowest BCUT2D eigenvalue weighted by molar-refractivity contribution is 0.0944. The van der Waals surface area contributed by atoms with Crippen molar-refractivity contribution in [3.63, 3.8) is 0 Å². The summed E-state index contributed by atoms with van der Waals surface area (Å²) in [5.74, 6) is 1.40. The van der Waals surface area contributed by atoms with Crippen molar-refractivity contribution in [3.05, 3.63) is 74.2 Å². The zero-order chi connectivity index (χ0) is 24.2.